The Kier molecular flexibility index (Phi) is 6.07. The number of alkyl halides is 3. The lowest BCUT2D eigenvalue weighted by molar-refractivity contribution is -0.181. The first-order chi connectivity index (χ1) is 10.7. The van der Waals surface area contributed by atoms with Gasteiger partial charge in [-0.2, -0.15) is 24.9 Å². The Hall–Kier alpha value is -0.670. The van der Waals surface area contributed by atoms with Crippen LogP contribution in [-0.2, 0) is 0 Å². The van der Waals surface area contributed by atoms with Crippen molar-refractivity contribution in [2.45, 2.75) is 31.2 Å². The predicted molar refractivity (Wildman–Crippen MR) is 86.9 cm³/mol. The molecule has 0 aliphatic carbocycles. The van der Waals surface area contributed by atoms with Crippen molar-refractivity contribution in [1.29, 1.82) is 0 Å². The molecule has 0 saturated carbocycles. The summed E-state index contributed by atoms with van der Waals surface area (Å²) in [5.41, 5.74) is -0.715. The number of hydrogen-bond acceptors (Lipinski definition) is 4. The smallest absolute Gasteiger partial charge is 0.387 e. The van der Waals surface area contributed by atoms with Crippen molar-refractivity contribution < 1.29 is 18.3 Å². The van der Waals surface area contributed by atoms with Gasteiger partial charge in [-0.05, 0) is 19.1 Å². The van der Waals surface area contributed by atoms with Crippen LogP contribution >= 0.6 is 11.8 Å². The van der Waals surface area contributed by atoms with Crippen LogP contribution < -0.4 is 5.32 Å². The van der Waals surface area contributed by atoms with Crippen molar-refractivity contribution in [3.05, 3.63) is 0 Å². The Morgan fingerprint density at radius 2 is 2.00 bits per heavy atom. The van der Waals surface area contributed by atoms with E-state index < -0.39 is 17.8 Å². The number of rotatable bonds is 3. The molecule has 0 aromatic carbocycles. The Balaban J connectivity index is 1.83. The molecular formula is C14H25F3N4OS. The molecule has 134 valence electrons. The summed E-state index contributed by atoms with van der Waals surface area (Å²) in [4.78, 5) is 7.59. The van der Waals surface area contributed by atoms with Crippen molar-refractivity contribution in [2.24, 2.45) is 4.99 Å². The van der Waals surface area contributed by atoms with Crippen LogP contribution in [0.2, 0.25) is 0 Å². The van der Waals surface area contributed by atoms with Crippen LogP contribution in [0.5, 0.6) is 0 Å². The fourth-order valence-corrected chi connectivity index (χ4v) is 4.13. The van der Waals surface area contributed by atoms with Gasteiger partial charge in [0.2, 0.25) is 0 Å². The molecule has 2 atom stereocenters. The monoisotopic (exact) mass is 354 g/mol. The lowest BCUT2D eigenvalue weighted by Gasteiger charge is -2.40. The van der Waals surface area contributed by atoms with Crippen molar-refractivity contribution in [2.75, 3.05) is 51.3 Å². The SMILES string of the molecule is CN=C(NCC1(O)CCSC1)N1CCN(C(C)C(F)(F)F)CC1. The van der Waals surface area contributed by atoms with E-state index in [0.717, 1.165) is 12.2 Å². The molecule has 2 fully saturated rings. The van der Waals surface area contributed by atoms with Gasteiger partial charge in [0, 0.05) is 45.5 Å². The maximum absolute atomic E-state index is 12.8. The second kappa shape index (κ2) is 7.48. The summed E-state index contributed by atoms with van der Waals surface area (Å²) in [7, 11) is 1.65. The average molecular weight is 354 g/mol. The van der Waals surface area contributed by atoms with E-state index in [1.54, 1.807) is 18.8 Å². The summed E-state index contributed by atoms with van der Waals surface area (Å²) in [5, 5.41) is 13.5. The number of aliphatic hydroxyl groups is 1. The van der Waals surface area contributed by atoms with Crippen LogP contribution in [0.15, 0.2) is 4.99 Å². The lowest BCUT2D eigenvalue weighted by Crippen LogP contribution is -2.58. The first-order valence-electron chi connectivity index (χ1n) is 7.82. The second-order valence-corrected chi connectivity index (χ2v) is 7.27. The van der Waals surface area contributed by atoms with E-state index in [2.05, 4.69) is 10.3 Å². The van der Waals surface area contributed by atoms with Gasteiger partial charge in [0.05, 0.1) is 5.60 Å². The third-order valence-corrected chi connectivity index (χ3v) is 5.74. The molecule has 2 heterocycles. The number of hydrogen-bond donors (Lipinski definition) is 2. The fourth-order valence-electron chi connectivity index (χ4n) is 2.84. The molecule has 2 aliphatic rings. The van der Waals surface area contributed by atoms with Crippen molar-refractivity contribution in [3.63, 3.8) is 0 Å². The summed E-state index contributed by atoms with van der Waals surface area (Å²) < 4.78 is 38.3. The first-order valence-corrected chi connectivity index (χ1v) is 8.97. The summed E-state index contributed by atoms with van der Waals surface area (Å²) >= 11 is 1.72. The van der Waals surface area contributed by atoms with E-state index in [1.807, 2.05) is 4.90 Å². The lowest BCUT2D eigenvalue weighted by atomic mass is 10.0. The van der Waals surface area contributed by atoms with Crippen LogP contribution in [0.3, 0.4) is 0 Å². The first kappa shape index (κ1) is 18.7. The van der Waals surface area contributed by atoms with Gasteiger partial charge in [0.15, 0.2) is 5.96 Å². The quantitative estimate of drug-likeness (QED) is 0.585. The molecule has 2 unspecified atom stereocenters. The van der Waals surface area contributed by atoms with Crippen LogP contribution in [0.1, 0.15) is 13.3 Å². The highest BCUT2D eigenvalue weighted by Gasteiger charge is 2.41. The number of aliphatic imine (C=N–C) groups is 1. The minimum absolute atomic E-state index is 0.349. The molecule has 5 nitrogen and oxygen atoms in total. The zero-order valence-electron chi connectivity index (χ0n) is 13.6. The Bertz CT molecular complexity index is 419. The fraction of sp³-hybridized carbons (Fsp3) is 0.929. The highest BCUT2D eigenvalue weighted by Crippen LogP contribution is 2.27. The van der Waals surface area contributed by atoms with Crippen molar-refractivity contribution in [3.8, 4) is 0 Å². The molecule has 0 aromatic heterocycles. The standard InChI is InChI=1S/C14H25F3N4OS/c1-11(14(15,16)17)20-4-6-21(7-5-20)12(18-2)19-9-13(22)3-8-23-10-13/h11,22H,3-10H2,1-2H3,(H,18,19). The van der Waals surface area contributed by atoms with Crippen LogP contribution in [-0.4, -0.2) is 90.0 Å². The molecule has 0 bridgehead atoms. The van der Waals surface area contributed by atoms with Crippen LogP contribution in [0.4, 0.5) is 13.2 Å². The molecule has 2 N–H and O–H groups in total. The van der Waals surface area contributed by atoms with Gasteiger partial charge in [-0.3, -0.25) is 9.89 Å². The molecule has 0 radical (unpaired) electrons. The molecular weight excluding hydrogens is 329 g/mol. The molecule has 9 heteroatoms. The Labute approximate surface area is 139 Å². The molecule has 0 spiro atoms. The molecule has 23 heavy (non-hydrogen) atoms. The topological polar surface area (TPSA) is 51.1 Å². The Morgan fingerprint density at radius 1 is 1.35 bits per heavy atom. The van der Waals surface area contributed by atoms with Gasteiger partial charge in [-0.25, -0.2) is 0 Å². The maximum Gasteiger partial charge on any atom is 0.403 e. The van der Waals surface area contributed by atoms with E-state index in [4.69, 9.17) is 0 Å². The van der Waals surface area contributed by atoms with E-state index in [-0.39, 0.29) is 0 Å². The van der Waals surface area contributed by atoms with Crippen LogP contribution in [0, 0.1) is 0 Å². The zero-order valence-corrected chi connectivity index (χ0v) is 14.4. The molecule has 2 saturated heterocycles. The third-order valence-electron chi connectivity index (χ3n) is 4.51. The molecule has 2 rings (SSSR count). The van der Waals surface area contributed by atoms with E-state index >= 15 is 0 Å². The van der Waals surface area contributed by atoms with Gasteiger partial charge in [-0.1, -0.05) is 0 Å². The summed E-state index contributed by atoms with van der Waals surface area (Å²) in [6.45, 7) is 3.31. The number of piperazine rings is 1. The highest BCUT2D eigenvalue weighted by atomic mass is 32.2. The number of nitrogens with zero attached hydrogens (tertiary/aromatic N) is 3. The van der Waals surface area contributed by atoms with Gasteiger partial charge >= 0.3 is 6.18 Å². The van der Waals surface area contributed by atoms with E-state index in [9.17, 15) is 18.3 Å². The third kappa shape index (κ3) is 4.90. The van der Waals surface area contributed by atoms with E-state index in [0.29, 0.717) is 44.4 Å². The van der Waals surface area contributed by atoms with Crippen LogP contribution in [0.25, 0.3) is 0 Å². The molecule has 0 amide bonds. The largest absolute Gasteiger partial charge is 0.403 e. The summed E-state index contributed by atoms with van der Waals surface area (Å²) in [5.74, 6) is 2.30. The number of halogens is 3. The number of nitrogens with one attached hydrogen (secondary N) is 1. The second-order valence-electron chi connectivity index (χ2n) is 6.17. The van der Waals surface area contributed by atoms with E-state index in [1.165, 1.54) is 11.8 Å². The minimum atomic E-state index is -4.19. The molecule has 2 aliphatic heterocycles. The van der Waals surface area contributed by atoms with Gasteiger partial charge in [-0.15, -0.1) is 0 Å². The highest BCUT2D eigenvalue weighted by molar-refractivity contribution is 7.99. The van der Waals surface area contributed by atoms with Crippen molar-refractivity contribution in [1.82, 2.24) is 15.1 Å². The van der Waals surface area contributed by atoms with Gasteiger partial charge in [0.25, 0.3) is 0 Å². The average Bonchev–Trinajstić information content (AvgIpc) is 2.94. The summed E-state index contributed by atoms with van der Waals surface area (Å²) in [6, 6.07) is -1.42. The Morgan fingerprint density at radius 3 is 2.48 bits per heavy atom. The van der Waals surface area contributed by atoms with Crippen molar-refractivity contribution >= 4 is 17.7 Å². The normalized spacial score (nSPS) is 29.0. The maximum atomic E-state index is 12.8. The number of guanidine groups is 1. The summed E-state index contributed by atoms with van der Waals surface area (Å²) in [6.07, 6.45) is -3.44. The minimum Gasteiger partial charge on any atom is -0.387 e. The molecule has 0 aromatic rings. The van der Waals surface area contributed by atoms with Gasteiger partial charge < -0.3 is 15.3 Å². The number of thioether (sulfide) groups is 1. The van der Waals surface area contributed by atoms with Gasteiger partial charge in [0.1, 0.15) is 6.04 Å². The predicted octanol–water partition coefficient (Wildman–Crippen LogP) is 0.998. The zero-order chi connectivity index (χ0) is 17.1.